The van der Waals surface area contributed by atoms with Crippen molar-refractivity contribution in [3.8, 4) is 0 Å². The van der Waals surface area contributed by atoms with Gasteiger partial charge in [0.2, 0.25) is 5.91 Å². The first-order valence-corrected chi connectivity index (χ1v) is 7.44. The predicted octanol–water partition coefficient (Wildman–Crippen LogP) is -2.16. The summed E-state index contributed by atoms with van der Waals surface area (Å²) < 4.78 is 0. The van der Waals surface area contributed by atoms with Crippen LogP contribution in [0.4, 0.5) is 0 Å². The number of aliphatic hydroxyl groups excluding tert-OH is 1. The van der Waals surface area contributed by atoms with Gasteiger partial charge < -0.3 is 15.1 Å². The molecule has 1 amide bonds. The van der Waals surface area contributed by atoms with Gasteiger partial charge in [-0.1, -0.05) is 0 Å². The highest BCUT2D eigenvalue weighted by molar-refractivity contribution is 6.29. The maximum absolute atomic E-state index is 12.7. The predicted molar refractivity (Wildman–Crippen MR) is 78.4 cm³/mol. The third-order valence-corrected chi connectivity index (χ3v) is 4.79. The van der Waals surface area contributed by atoms with Gasteiger partial charge in [-0.25, -0.2) is 0 Å². The summed E-state index contributed by atoms with van der Waals surface area (Å²) in [5.74, 6) is -6.31. The first kappa shape index (κ1) is 17.7. The number of amides is 1. The second kappa shape index (κ2) is 5.77. The second-order valence-corrected chi connectivity index (χ2v) is 6.66. The molecule has 0 aliphatic heterocycles. The van der Waals surface area contributed by atoms with Gasteiger partial charge in [0, 0.05) is 20.5 Å². The van der Waals surface area contributed by atoms with Crippen molar-refractivity contribution < 1.29 is 29.4 Å². The summed E-state index contributed by atoms with van der Waals surface area (Å²) in [5, 5.41) is 21.1. The molecule has 23 heavy (non-hydrogen) atoms. The van der Waals surface area contributed by atoms with Gasteiger partial charge in [0.1, 0.15) is 0 Å². The van der Waals surface area contributed by atoms with E-state index in [-0.39, 0.29) is 12.8 Å². The van der Waals surface area contributed by atoms with Gasteiger partial charge in [0.05, 0.1) is 18.1 Å². The zero-order chi connectivity index (χ0) is 17.7. The normalized spacial score (nSPS) is 37.8. The number of rotatable bonds is 2. The molecule has 128 valence electrons. The second-order valence-electron chi connectivity index (χ2n) is 6.66. The first-order valence-electron chi connectivity index (χ1n) is 7.44. The lowest BCUT2D eigenvalue weighted by Gasteiger charge is -2.50. The topological polar surface area (TPSA) is 115 Å². The molecule has 0 radical (unpaired) electrons. The molecular formula is C15H22N2O6. The van der Waals surface area contributed by atoms with Crippen LogP contribution in [0.15, 0.2) is 0 Å². The van der Waals surface area contributed by atoms with Crippen molar-refractivity contribution in [3.05, 3.63) is 0 Å². The van der Waals surface area contributed by atoms with Gasteiger partial charge in [-0.3, -0.25) is 24.1 Å². The Hall–Kier alpha value is -1.64. The number of Topliss-reactive ketones (excluding diaryl/α,β-unsaturated/α-hetero) is 3. The average Bonchev–Trinajstić information content (AvgIpc) is 2.45. The molecule has 0 aromatic carbocycles. The van der Waals surface area contributed by atoms with Crippen molar-refractivity contribution >= 4 is 23.3 Å². The minimum Gasteiger partial charge on any atom is -0.393 e. The summed E-state index contributed by atoms with van der Waals surface area (Å²) >= 11 is 0. The van der Waals surface area contributed by atoms with Crippen LogP contribution in [0, 0.1) is 11.8 Å². The fourth-order valence-corrected chi connectivity index (χ4v) is 3.62. The van der Waals surface area contributed by atoms with Crippen molar-refractivity contribution in [1.29, 1.82) is 0 Å². The molecule has 2 N–H and O–H groups in total. The highest BCUT2D eigenvalue weighted by Gasteiger charge is 2.67. The van der Waals surface area contributed by atoms with E-state index in [1.165, 1.54) is 19.0 Å². The minimum absolute atomic E-state index is 0.0724. The van der Waals surface area contributed by atoms with Crippen molar-refractivity contribution in [1.82, 2.24) is 9.80 Å². The number of carbonyl (C=O) groups excluding carboxylic acids is 4. The third kappa shape index (κ3) is 2.41. The Labute approximate surface area is 134 Å². The Morgan fingerprint density at radius 1 is 1.17 bits per heavy atom. The highest BCUT2D eigenvalue weighted by atomic mass is 16.3. The molecule has 0 spiro atoms. The van der Waals surface area contributed by atoms with E-state index in [4.69, 9.17) is 0 Å². The molecule has 0 aromatic rings. The van der Waals surface area contributed by atoms with Gasteiger partial charge in [0.25, 0.3) is 0 Å². The van der Waals surface area contributed by atoms with Crippen LogP contribution in [-0.2, 0) is 19.2 Å². The summed E-state index contributed by atoms with van der Waals surface area (Å²) in [5.41, 5.74) is -2.50. The van der Waals surface area contributed by atoms with Crippen molar-refractivity contribution in [2.24, 2.45) is 11.8 Å². The summed E-state index contributed by atoms with van der Waals surface area (Å²) in [7, 11) is 5.87. The van der Waals surface area contributed by atoms with E-state index in [2.05, 4.69) is 0 Å². The molecule has 2 aliphatic carbocycles. The Morgan fingerprint density at radius 3 is 2.22 bits per heavy atom. The average molecular weight is 326 g/mol. The van der Waals surface area contributed by atoms with Crippen molar-refractivity contribution in [2.75, 3.05) is 28.2 Å². The zero-order valence-electron chi connectivity index (χ0n) is 13.6. The smallest absolute Gasteiger partial charge is 0.240 e. The number of hydrogen-bond acceptors (Lipinski definition) is 7. The number of fused-ring (bicyclic) bond motifs is 1. The molecule has 2 aliphatic rings. The highest BCUT2D eigenvalue weighted by Crippen LogP contribution is 2.42. The molecule has 0 bridgehead atoms. The van der Waals surface area contributed by atoms with Gasteiger partial charge in [0.15, 0.2) is 28.9 Å². The van der Waals surface area contributed by atoms with Crippen LogP contribution < -0.4 is 0 Å². The minimum atomic E-state index is -2.50. The van der Waals surface area contributed by atoms with E-state index >= 15 is 0 Å². The lowest BCUT2D eigenvalue weighted by atomic mass is 9.58. The van der Waals surface area contributed by atoms with Crippen LogP contribution in [0.1, 0.15) is 12.8 Å². The molecule has 0 aromatic heterocycles. The van der Waals surface area contributed by atoms with Crippen LogP contribution in [0.25, 0.3) is 0 Å². The maximum atomic E-state index is 12.7. The summed E-state index contributed by atoms with van der Waals surface area (Å²) in [6.07, 6.45) is -1.27. The molecule has 8 heteroatoms. The number of likely N-dealkylation sites (N-methyl/N-ethyl adjacent to an activating group) is 1. The van der Waals surface area contributed by atoms with Gasteiger partial charge >= 0.3 is 0 Å². The largest absolute Gasteiger partial charge is 0.393 e. The first-order chi connectivity index (χ1) is 10.5. The summed E-state index contributed by atoms with van der Waals surface area (Å²) in [6, 6.07) is -1.09. The number of carbonyl (C=O) groups is 4. The fraction of sp³-hybridized carbons (Fsp3) is 0.733. The summed E-state index contributed by atoms with van der Waals surface area (Å²) in [6.45, 7) is 0. The number of ketones is 3. The molecule has 8 nitrogen and oxygen atoms in total. The standard InChI is InChI=1S/C15H22N2O6/c1-16(2)11-10-7(18)5-6-8(19)15(10,23)13(21)9(12(11)20)14(22)17(3)4/h7,9-11,18,23H,5-6H2,1-4H3/t7?,9?,10?,11?,15-/m1/s1. The van der Waals surface area contributed by atoms with E-state index in [1.54, 1.807) is 14.1 Å². The van der Waals surface area contributed by atoms with Crippen LogP contribution in [0.3, 0.4) is 0 Å². The van der Waals surface area contributed by atoms with Gasteiger partial charge in [-0.2, -0.15) is 0 Å². The molecule has 0 saturated heterocycles. The molecule has 0 heterocycles. The molecule has 2 rings (SSSR count). The summed E-state index contributed by atoms with van der Waals surface area (Å²) in [4.78, 5) is 52.5. The van der Waals surface area contributed by atoms with Gasteiger partial charge in [-0.05, 0) is 20.5 Å². The van der Waals surface area contributed by atoms with Crippen LogP contribution in [-0.4, -0.2) is 89.2 Å². The van der Waals surface area contributed by atoms with E-state index in [9.17, 15) is 29.4 Å². The van der Waals surface area contributed by atoms with Crippen molar-refractivity contribution in [3.63, 3.8) is 0 Å². The Balaban J connectivity index is 2.62. The zero-order valence-corrected chi connectivity index (χ0v) is 13.6. The lowest BCUT2D eigenvalue weighted by Crippen LogP contribution is -2.73. The van der Waals surface area contributed by atoms with Crippen molar-refractivity contribution in [2.45, 2.75) is 30.6 Å². The lowest BCUT2D eigenvalue weighted by molar-refractivity contribution is -0.187. The number of hydrogen-bond donors (Lipinski definition) is 2. The van der Waals surface area contributed by atoms with Crippen LogP contribution in [0.2, 0.25) is 0 Å². The quantitative estimate of drug-likeness (QED) is 0.556. The monoisotopic (exact) mass is 326 g/mol. The molecule has 2 fully saturated rings. The number of nitrogens with zero attached hydrogens (tertiary/aromatic N) is 2. The number of aliphatic hydroxyl groups is 2. The van der Waals surface area contributed by atoms with Crippen LogP contribution in [0.5, 0.6) is 0 Å². The van der Waals surface area contributed by atoms with Crippen LogP contribution >= 0.6 is 0 Å². The molecular weight excluding hydrogens is 304 g/mol. The molecule has 5 atom stereocenters. The molecule has 4 unspecified atom stereocenters. The Morgan fingerprint density at radius 2 is 1.74 bits per heavy atom. The van der Waals surface area contributed by atoms with E-state index < -0.39 is 52.8 Å². The SMILES string of the molecule is CN(C)C(=O)C1C(=O)C(N(C)C)C2C(O)CCC(=O)[C@]2(O)C1=O. The maximum Gasteiger partial charge on any atom is 0.240 e. The van der Waals surface area contributed by atoms with Gasteiger partial charge in [-0.15, -0.1) is 0 Å². The Kier molecular flexibility index (Phi) is 4.44. The fourth-order valence-electron chi connectivity index (χ4n) is 3.62. The molecule has 2 saturated carbocycles. The Bertz CT molecular complexity index is 572. The van der Waals surface area contributed by atoms with E-state index in [0.717, 1.165) is 4.90 Å². The van der Waals surface area contributed by atoms with E-state index in [0.29, 0.717) is 0 Å². The van der Waals surface area contributed by atoms with E-state index in [1.807, 2.05) is 0 Å². The third-order valence-electron chi connectivity index (χ3n) is 4.79.